The number of carbonyl (C=O) groups is 2. The van der Waals surface area contributed by atoms with E-state index in [9.17, 15) is 18.0 Å². The zero-order valence-electron chi connectivity index (χ0n) is 21.5. The van der Waals surface area contributed by atoms with Crippen LogP contribution in [0.15, 0.2) is 71.6 Å². The lowest BCUT2D eigenvalue weighted by atomic mass is 10.0. The van der Waals surface area contributed by atoms with Crippen molar-refractivity contribution >= 4 is 38.8 Å². The number of hydrogen-bond acceptors (Lipinski definition) is 7. The van der Waals surface area contributed by atoms with Gasteiger partial charge in [-0.15, -0.1) is 0 Å². The molecular weight excluding hydrogens is 508 g/mol. The van der Waals surface area contributed by atoms with Crippen molar-refractivity contribution in [1.82, 2.24) is 0 Å². The number of nitrogens with zero attached hydrogens (tertiary/aromatic N) is 1. The highest BCUT2D eigenvalue weighted by atomic mass is 32.2. The molecule has 1 N–H and O–H groups in total. The van der Waals surface area contributed by atoms with Gasteiger partial charge >= 0.3 is 5.97 Å². The Bertz CT molecular complexity index is 1520. The molecule has 0 spiro atoms. The van der Waals surface area contributed by atoms with Gasteiger partial charge in [-0.3, -0.25) is 9.10 Å². The van der Waals surface area contributed by atoms with E-state index in [0.717, 1.165) is 5.56 Å². The summed E-state index contributed by atoms with van der Waals surface area (Å²) < 4.78 is 45.2. The summed E-state index contributed by atoms with van der Waals surface area (Å²) >= 11 is 0. The van der Waals surface area contributed by atoms with E-state index in [1.165, 1.54) is 30.7 Å². The van der Waals surface area contributed by atoms with Crippen molar-refractivity contribution in [3.8, 4) is 11.5 Å². The Kier molecular flexibility index (Phi) is 7.72. The van der Waals surface area contributed by atoms with Crippen molar-refractivity contribution in [2.75, 3.05) is 30.4 Å². The van der Waals surface area contributed by atoms with Crippen molar-refractivity contribution in [2.24, 2.45) is 0 Å². The number of anilines is 2. The fourth-order valence-electron chi connectivity index (χ4n) is 4.30. The molecule has 3 aromatic carbocycles. The van der Waals surface area contributed by atoms with Gasteiger partial charge in [0.15, 0.2) is 16.4 Å². The lowest BCUT2D eigenvalue weighted by Gasteiger charge is -2.33. The SMILES string of the molecule is CCOC(=O)c1ccccc1NC(=O)C1=C(C)c2cc(OC)c(OC)cc2N(Cc2ccccc2)S1(=O)=O. The number of nitrogens with one attached hydrogen (secondary N) is 1. The Morgan fingerprint density at radius 1 is 0.921 bits per heavy atom. The number of benzene rings is 3. The molecule has 0 bridgehead atoms. The highest BCUT2D eigenvalue weighted by molar-refractivity contribution is 7.97. The Balaban J connectivity index is 1.86. The molecule has 0 fully saturated rings. The molecule has 0 unspecified atom stereocenters. The summed E-state index contributed by atoms with van der Waals surface area (Å²) in [6.07, 6.45) is 0. The van der Waals surface area contributed by atoms with Crippen LogP contribution in [-0.4, -0.2) is 41.1 Å². The van der Waals surface area contributed by atoms with Crippen LogP contribution in [0.1, 0.15) is 35.3 Å². The average molecular weight is 537 g/mol. The Morgan fingerprint density at radius 3 is 2.21 bits per heavy atom. The van der Waals surface area contributed by atoms with Gasteiger partial charge < -0.3 is 19.5 Å². The molecule has 4 rings (SSSR count). The molecule has 38 heavy (non-hydrogen) atoms. The van der Waals surface area contributed by atoms with Gasteiger partial charge in [-0.2, -0.15) is 0 Å². The molecule has 1 amide bonds. The molecule has 0 aromatic heterocycles. The van der Waals surface area contributed by atoms with Gasteiger partial charge in [-0.1, -0.05) is 42.5 Å². The minimum atomic E-state index is -4.34. The van der Waals surface area contributed by atoms with Crippen molar-refractivity contribution < 1.29 is 32.2 Å². The molecule has 1 heterocycles. The largest absolute Gasteiger partial charge is 0.493 e. The summed E-state index contributed by atoms with van der Waals surface area (Å²) in [4.78, 5) is 25.6. The molecule has 0 saturated heterocycles. The van der Waals surface area contributed by atoms with Crippen molar-refractivity contribution in [2.45, 2.75) is 20.4 Å². The molecule has 1 aliphatic rings. The van der Waals surface area contributed by atoms with Crippen LogP contribution in [0.25, 0.3) is 5.57 Å². The molecule has 198 valence electrons. The Morgan fingerprint density at radius 2 is 1.55 bits per heavy atom. The summed E-state index contributed by atoms with van der Waals surface area (Å²) in [5, 5.41) is 2.61. The first kappa shape index (κ1) is 26.7. The minimum Gasteiger partial charge on any atom is -0.493 e. The van der Waals surface area contributed by atoms with E-state index < -0.39 is 26.8 Å². The first-order valence-corrected chi connectivity index (χ1v) is 13.3. The maximum absolute atomic E-state index is 14.0. The van der Waals surface area contributed by atoms with E-state index >= 15 is 0 Å². The number of allylic oxidation sites excluding steroid dienone is 1. The maximum atomic E-state index is 14.0. The third-order valence-corrected chi connectivity index (χ3v) is 8.02. The number of ether oxygens (including phenoxy) is 3. The lowest BCUT2D eigenvalue weighted by molar-refractivity contribution is -0.112. The first-order chi connectivity index (χ1) is 18.2. The van der Waals surface area contributed by atoms with Gasteiger partial charge in [0.25, 0.3) is 15.9 Å². The second kappa shape index (κ2) is 11.0. The van der Waals surface area contributed by atoms with Crippen LogP contribution >= 0.6 is 0 Å². The quantitative estimate of drug-likeness (QED) is 0.419. The summed E-state index contributed by atoms with van der Waals surface area (Å²) in [6.45, 7) is 3.36. The second-order valence-corrected chi connectivity index (χ2v) is 10.2. The van der Waals surface area contributed by atoms with Crippen LogP contribution in [-0.2, 0) is 26.1 Å². The van der Waals surface area contributed by atoms with E-state index in [0.29, 0.717) is 22.7 Å². The lowest BCUT2D eigenvalue weighted by Crippen LogP contribution is -2.39. The molecule has 0 aliphatic carbocycles. The zero-order valence-corrected chi connectivity index (χ0v) is 22.3. The van der Waals surface area contributed by atoms with Crippen molar-refractivity contribution in [3.05, 3.63) is 88.3 Å². The number of sulfonamides is 1. The van der Waals surface area contributed by atoms with E-state index in [1.54, 1.807) is 50.2 Å². The number of para-hydroxylation sites is 1. The standard InChI is InChI=1S/C28H28N2O7S/c1-5-37-28(32)20-13-9-10-14-22(20)29-27(31)26-18(2)21-15-24(35-3)25(36-4)16-23(21)30(38(26,33)34)17-19-11-7-6-8-12-19/h6-16H,5,17H2,1-4H3,(H,29,31). The third-order valence-electron chi connectivity index (χ3n) is 6.11. The fourth-order valence-corrected chi connectivity index (χ4v) is 6.03. The molecule has 9 nitrogen and oxygen atoms in total. The number of amides is 1. The van der Waals surface area contributed by atoms with Crippen LogP contribution in [0.4, 0.5) is 11.4 Å². The number of rotatable bonds is 8. The van der Waals surface area contributed by atoms with Crippen LogP contribution in [0, 0.1) is 0 Å². The predicted molar refractivity (Wildman–Crippen MR) is 145 cm³/mol. The minimum absolute atomic E-state index is 0.0187. The van der Waals surface area contributed by atoms with Crippen molar-refractivity contribution in [3.63, 3.8) is 0 Å². The second-order valence-electron chi connectivity index (χ2n) is 8.40. The van der Waals surface area contributed by atoms with Gasteiger partial charge in [0.2, 0.25) is 0 Å². The zero-order chi connectivity index (χ0) is 27.4. The normalized spacial score (nSPS) is 13.9. The number of fused-ring (bicyclic) bond motifs is 1. The van der Waals surface area contributed by atoms with Crippen LogP contribution in [0.2, 0.25) is 0 Å². The van der Waals surface area contributed by atoms with Gasteiger partial charge in [0, 0.05) is 11.6 Å². The highest BCUT2D eigenvalue weighted by Gasteiger charge is 2.40. The molecule has 0 saturated carbocycles. The Hall–Kier alpha value is -4.31. The predicted octanol–water partition coefficient (Wildman–Crippen LogP) is 4.60. The monoisotopic (exact) mass is 536 g/mol. The average Bonchev–Trinajstić information content (AvgIpc) is 2.91. The van der Waals surface area contributed by atoms with Crippen LogP contribution in [0.5, 0.6) is 11.5 Å². The van der Waals surface area contributed by atoms with Gasteiger partial charge in [-0.25, -0.2) is 13.2 Å². The summed E-state index contributed by atoms with van der Waals surface area (Å²) in [6, 6.07) is 18.6. The van der Waals surface area contributed by atoms with Gasteiger partial charge in [0.1, 0.15) is 0 Å². The van der Waals surface area contributed by atoms with Gasteiger partial charge in [-0.05, 0) is 43.2 Å². The fraction of sp³-hybridized carbons (Fsp3) is 0.214. The molecular formula is C28H28N2O7S. The molecule has 3 aromatic rings. The number of methoxy groups -OCH3 is 2. The third kappa shape index (κ3) is 4.95. The smallest absolute Gasteiger partial charge is 0.340 e. The number of carbonyl (C=O) groups excluding carboxylic acids is 2. The molecule has 0 atom stereocenters. The maximum Gasteiger partial charge on any atom is 0.340 e. The van der Waals surface area contributed by atoms with Crippen LogP contribution in [0.3, 0.4) is 0 Å². The van der Waals surface area contributed by atoms with E-state index in [4.69, 9.17) is 14.2 Å². The summed E-state index contributed by atoms with van der Waals surface area (Å²) in [5.74, 6) is -0.771. The number of hydrogen-bond donors (Lipinski definition) is 1. The summed E-state index contributed by atoms with van der Waals surface area (Å²) in [7, 11) is -1.40. The summed E-state index contributed by atoms with van der Waals surface area (Å²) in [5.41, 5.74) is 2.06. The molecule has 1 aliphatic heterocycles. The van der Waals surface area contributed by atoms with Crippen LogP contribution < -0.4 is 19.1 Å². The highest BCUT2D eigenvalue weighted by Crippen LogP contribution is 2.45. The van der Waals surface area contributed by atoms with Gasteiger partial charge in [0.05, 0.1) is 44.3 Å². The first-order valence-electron chi connectivity index (χ1n) is 11.8. The van der Waals surface area contributed by atoms with E-state index in [2.05, 4.69) is 5.32 Å². The molecule has 10 heteroatoms. The van der Waals surface area contributed by atoms with E-state index in [1.807, 2.05) is 18.2 Å². The molecule has 0 radical (unpaired) electrons. The van der Waals surface area contributed by atoms with E-state index in [-0.39, 0.29) is 30.0 Å². The number of esters is 1. The Labute approximate surface area is 221 Å². The topological polar surface area (TPSA) is 111 Å². The van der Waals surface area contributed by atoms with Crippen molar-refractivity contribution in [1.29, 1.82) is 0 Å².